The zero-order chi connectivity index (χ0) is 25.4. The predicted octanol–water partition coefficient (Wildman–Crippen LogP) is 0.565. The van der Waals surface area contributed by atoms with Crippen LogP contribution in [0.4, 0.5) is 5.82 Å². The van der Waals surface area contributed by atoms with E-state index in [4.69, 9.17) is 29.3 Å². The molecule has 2 aromatic rings. The number of aromatic nitrogens is 3. The number of nitrogen functional groups attached to an aromatic ring is 1. The van der Waals surface area contributed by atoms with Gasteiger partial charge in [-0.1, -0.05) is 11.8 Å². The second-order valence-corrected chi connectivity index (χ2v) is 8.91. The molecule has 1 saturated heterocycles. The molecule has 0 radical (unpaired) electrons. The monoisotopic (exact) mass is 509 g/mol. The maximum absolute atomic E-state index is 12.5. The van der Waals surface area contributed by atoms with Gasteiger partial charge in [-0.05, 0) is 12.1 Å². The van der Waals surface area contributed by atoms with Crippen molar-refractivity contribution in [3.63, 3.8) is 0 Å². The second kappa shape index (κ2) is 12.0. The fourth-order valence-electron chi connectivity index (χ4n) is 3.18. The van der Waals surface area contributed by atoms with Gasteiger partial charge in [0.2, 0.25) is 0 Å². The van der Waals surface area contributed by atoms with Crippen molar-refractivity contribution in [3.05, 3.63) is 52.3 Å². The minimum Gasteiger partial charge on any atom is -0.382 e. The van der Waals surface area contributed by atoms with Crippen LogP contribution in [0.25, 0.3) is 0 Å². The molecule has 4 N–H and O–H groups in total. The topological polar surface area (TPSA) is 186 Å². The Morgan fingerprint density at radius 1 is 1.43 bits per heavy atom. The van der Waals surface area contributed by atoms with Crippen molar-refractivity contribution in [1.82, 2.24) is 19.9 Å². The van der Waals surface area contributed by atoms with Gasteiger partial charge < -0.3 is 15.8 Å². The number of amides is 1. The van der Waals surface area contributed by atoms with E-state index in [1.54, 1.807) is 18.3 Å². The molecule has 3 rings (SSSR count). The highest BCUT2D eigenvalue weighted by Gasteiger charge is 2.42. The molecule has 188 valence electrons. The van der Waals surface area contributed by atoms with Crippen LogP contribution in [0.5, 0.6) is 0 Å². The summed E-state index contributed by atoms with van der Waals surface area (Å²) in [7, 11) is -1.60. The van der Waals surface area contributed by atoms with Crippen LogP contribution < -0.4 is 16.7 Å². The Hall–Kier alpha value is -3.15. The first kappa shape index (κ1) is 26.5. The van der Waals surface area contributed by atoms with Crippen LogP contribution in [0.3, 0.4) is 0 Å². The summed E-state index contributed by atoms with van der Waals surface area (Å²) >= 11 is 0. The Bertz CT molecular complexity index is 1190. The van der Waals surface area contributed by atoms with E-state index in [0.717, 1.165) is 18.8 Å². The zero-order valence-electron chi connectivity index (χ0n) is 18.8. The third kappa shape index (κ3) is 6.71. The van der Waals surface area contributed by atoms with E-state index in [-0.39, 0.29) is 36.9 Å². The SMILES string of the molecule is COP(=O)(OC)OC1CC(n2cc(C#CCNC(=O)c3cccnc3)c(N)nc2=O)OC1COO. The lowest BCUT2D eigenvalue weighted by molar-refractivity contribution is -0.264. The van der Waals surface area contributed by atoms with Crippen molar-refractivity contribution in [2.75, 3.05) is 33.1 Å². The molecule has 2 aromatic heterocycles. The van der Waals surface area contributed by atoms with Gasteiger partial charge in [0.15, 0.2) is 0 Å². The van der Waals surface area contributed by atoms with Gasteiger partial charge >= 0.3 is 13.5 Å². The van der Waals surface area contributed by atoms with Crippen LogP contribution in [0.2, 0.25) is 0 Å². The summed E-state index contributed by atoms with van der Waals surface area (Å²) in [6, 6.07) is 3.25. The highest BCUT2D eigenvalue weighted by atomic mass is 31.2. The standard InChI is InChI=1S/C20H24N5O9P/c1-30-35(29,31-2)34-15-9-17(33-16(15)12-32-28)25-11-14(18(21)24-20(25)27)6-4-8-23-19(26)13-5-3-7-22-10-13/h3,5,7,10-11,15-17,28H,8-9,12H2,1-2H3,(H,23,26)(H2,21,24,27). The molecule has 1 amide bonds. The van der Waals surface area contributed by atoms with Gasteiger partial charge in [-0.15, -0.1) is 0 Å². The van der Waals surface area contributed by atoms with E-state index in [1.807, 2.05) is 0 Å². The Morgan fingerprint density at radius 2 is 2.20 bits per heavy atom. The maximum Gasteiger partial charge on any atom is 0.474 e. The van der Waals surface area contributed by atoms with Crippen molar-refractivity contribution in [1.29, 1.82) is 0 Å². The van der Waals surface area contributed by atoms with Gasteiger partial charge in [0.05, 0.1) is 17.7 Å². The minimum absolute atomic E-state index is 0.00136. The minimum atomic E-state index is -3.89. The van der Waals surface area contributed by atoms with Gasteiger partial charge in [0, 0.05) is 39.2 Å². The molecule has 3 unspecified atom stereocenters. The normalized spacial score (nSPS) is 19.7. The molecule has 3 heterocycles. The molecular weight excluding hydrogens is 485 g/mol. The number of hydrogen-bond acceptors (Lipinski definition) is 12. The molecule has 0 spiro atoms. The van der Waals surface area contributed by atoms with E-state index in [2.05, 4.69) is 32.0 Å². The highest BCUT2D eigenvalue weighted by Crippen LogP contribution is 2.51. The fraction of sp³-hybridized carbons (Fsp3) is 0.400. The van der Waals surface area contributed by atoms with E-state index in [9.17, 15) is 14.2 Å². The first-order valence-electron chi connectivity index (χ1n) is 10.2. The smallest absolute Gasteiger partial charge is 0.382 e. The Labute approximate surface area is 199 Å². The van der Waals surface area contributed by atoms with Crippen LogP contribution in [-0.2, 0) is 27.8 Å². The quantitative estimate of drug-likeness (QED) is 0.185. The second-order valence-electron chi connectivity index (χ2n) is 7.07. The molecule has 0 aromatic carbocycles. The van der Waals surface area contributed by atoms with Crippen LogP contribution >= 0.6 is 7.82 Å². The fourth-order valence-corrected chi connectivity index (χ4v) is 4.05. The summed E-state index contributed by atoms with van der Waals surface area (Å²) in [6.07, 6.45) is 1.57. The van der Waals surface area contributed by atoms with Crippen molar-refractivity contribution >= 4 is 19.5 Å². The van der Waals surface area contributed by atoms with Crippen LogP contribution in [0.1, 0.15) is 28.6 Å². The number of nitrogens with two attached hydrogens (primary N) is 1. The number of anilines is 1. The summed E-state index contributed by atoms with van der Waals surface area (Å²) < 4.78 is 34.2. The van der Waals surface area contributed by atoms with Gasteiger partial charge in [-0.2, -0.15) is 4.98 Å². The lowest BCUT2D eigenvalue weighted by Gasteiger charge is -2.21. The lowest BCUT2D eigenvalue weighted by Crippen LogP contribution is -2.29. The van der Waals surface area contributed by atoms with Crippen LogP contribution in [0.15, 0.2) is 35.5 Å². The summed E-state index contributed by atoms with van der Waals surface area (Å²) in [4.78, 5) is 36.3. The summed E-state index contributed by atoms with van der Waals surface area (Å²) in [5.74, 6) is 5.03. The van der Waals surface area contributed by atoms with Crippen molar-refractivity contribution in [3.8, 4) is 11.8 Å². The number of hydrogen-bond donors (Lipinski definition) is 3. The first-order chi connectivity index (χ1) is 16.8. The van der Waals surface area contributed by atoms with E-state index < -0.39 is 31.9 Å². The number of phosphoric ester groups is 1. The maximum atomic E-state index is 12.5. The van der Waals surface area contributed by atoms with Gasteiger partial charge in [-0.3, -0.25) is 33.2 Å². The zero-order valence-corrected chi connectivity index (χ0v) is 19.7. The largest absolute Gasteiger partial charge is 0.474 e. The number of pyridine rings is 1. The number of phosphoric acid groups is 1. The molecule has 0 saturated carbocycles. The molecule has 1 fully saturated rings. The molecular formula is C20H24N5O9P. The van der Waals surface area contributed by atoms with Gasteiger partial charge in [0.1, 0.15) is 30.9 Å². The molecule has 3 atom stereocenters. The number of nitrogens with one attached hydrogen (secondary N) is 1. The van der Waals surface area contributed by atoms with Gasteiger partial charge in [0.25, 0.3) is 5.91 Å². The molecule has 14 nitrogen and oxygen atoms in total. The van der Waals surface area contributed by atoms with Crippen molar-refractivity contribution < 1.29 is 37.8 Å². The van der Waals surface area contributed by atoms with E-state index in [0.29, 0.717) is 5.56 Å². The number of ether oxygens (including phenoxy) is 1. The van der Waals surface area contributed by atoms with E-state index >= 15 is 0 Å². The number of nitrogens with zero attached hydrogens (tertiary/aromatic N) is 3. The molecule has 35 heavy (non-hydrogen) atoms. The first-order valence-corrected chi connectivity index (χ1v) is 11.6. The van der Waals surface area contributed by atoms with Crippen LogP contribution in [0, 0.1) is 11.8 Å². The number of carbonyl (C=O) groups is 1. The average Bonchev–Trinajstić information content (AvgIpc) is 3.24. The Balaban J connectivity index is 1.75. The van der Waals surface area contributed by atoms with Crippen LogP contribution in [-0.4, -0.2) is 65.3 Å². The number of carbonyl (C=O) groups excluding carboxylic acids is 1. The molecule has 0 bridgehead atoms. The van der Waals surface area contributed by atoms with Crippen molar-refractivity contribution in [2.45, 2.75) is 24.9 Å². The van der Waals surface area contributed by atoms with E-state index in [1.165, 1.54) is 12.4 Å². The predicted molar refractivity (Wildman–Crippen MR) is 120 cm³/mol. The Morgan fingerprint density at radius 3 is 2.86 bits per heavy atom. The Kier molecular flexibility index (Phi) is 9.07. The highest BCUT2D eigenvalue weighted by molar-refractivity contribution is 7.48. The molecule has 1 aliphatic rings. The summed E-state index contributed by atoms with van der Waals surface area (Å²) in [5.41, 5.74) is 5.70. The summed E-state index contributed by atoms with van der Waals surface area (Å²) in [5, 5.41) is 11.5. The lowest BCUT2D eigenvalue weighted by atomic mass is 10.2. The van der Waals surface area contributed by atoms with Gasteiger partial charge in [-0.25, -0.2) is 14.2 Å². The molecule has 0 aliphatic carbocycles. The third-order valence-corrected chi connectivity index (χ3v) is 6.33. The number of rotatable bonds is 9. The average molecular weight is 509 g/mol. The third-order valence-electron chi connectivity index (χ3n) is 4.91. The summed E-state index contributed by atoms with van der Waals surface area (Å²) in [6.45, 7) is -0.337. The van der Waals surface area contributed by atoms with Crippen molar-refractivity contribution in [2.24, 2.45) is 0 Å². The molecule has 15 heteroatoms. The molecule has 1 aliphatic heterocycles.